The van der Waals surface area contributed by atoms with E-state index < -0.39 is 0 Å². The number of rotatable bonds is 7. The summed E-state index contributed by atoms with van der Waals surface area (Å²) >= 11 is 1.37. The zero-order chi connectivity index (χ0) is 23.2. The van der Waals surface area contributed by atoms with E-state index in [0.29, 0.717) is 10.1 Å². The molecule has 5 nitrogen and oxygen atoms in total. The smallest absolute Gasteiger partial charge is 0.271 e. The molecule has 0 atom stereocenters. The number of ether oxygens (including phenoxy) is 1. The first kappa shape index (κ1) is 22.7. The van der Waals surface area contributed by atoms with Crippen molar-refractivity contribution in [3.63, 3.8) is 0 Å². The number of amides is 1. The third-order valence-electron chi connectivity index (χ3n) is 5.43. The summed E-state index contributed by atoms with van der Waals surface area (Å²) in [5.74, 6) is 0.635. The summed E-state index contributed by atoms with van der Waals surface area (Å²) in [5.41, 5.74) is 3.55. The third kappa shape index (κ3) is 4.96. The normalized spacial score (nSPS) is 16.0. The van der Waals surface area contributed by atoms with Crippen LogP contribution in [0.25, 0.3) is 6.08 Å². The van der Waals surface area contributed by atoms with Gasteiger partial charge in [0.2, 0.25) is 0 Å². The van der Waals surface area contributed by atoms with Gasteiger partial charge in [0.1, 0.15) is 5.75 Å². The summed E-state index contributed by atoms with van der Waals surface area (Å²) in [6.45, 7) is 6.09. The molecule has 0 saturated carbocycles. The van der Waals surface area contributed by atoms with E-state index in [4.69, 9.17) is 9.73 Å². The van der Waals surface area contributed by atoms with Gasteiger partial charge in [-0.15, -0.1) is 0 Å². The van der Waals surface area contributed by atoms with Crippen LogP contribution in [0.2, 0.25) is 0 Å². The molecule has 0 aliphatic carbocycles. The Bertz CT molecular complexity index is 1170. The van der Waals surface area contributed by atoms with Crippen molar-refractivity contribution >= 4 is 46.0 Å². The van der Waals surface area contributed by atoms with Gasteiger partial charge in [-0.2, -0.15) is 0 Å². The molecule has 1 amide bonds. The van der Waals surface area contributed by atoms with Crippen LogP contribution in [0.3, 0.4) is 0 Å². The summed E-state index contributed by atoms with van der Waals surface area (Å²) in [7, 11) is 1.66. The van der Waals surface area contributed by atoms with Gasteiger partial charge in [0, 0.05) is 30.4 Å². The second kappa shape index (κ2) is 10.4. The van der Waals surface area contributed by atoms with Crippen molar-refractivity contribution in [2.24, 2.45) is 4.99 Å². The van der Waals surface area contributed by atoms with E-state index >= 15 is 0 Å². The van der Waals surface area contributed by atoms with Crippen molar-refractivity contribution in [1.82, 2.24) is 0 Å². The molecule has 0 spiro atoms. The van der Waals surface area contributed by atoms with Gasteiger partial charge in [0.05, 0.1) is 23.4 Å². The fraction of sp³-hybridized carbons (Fsp3) is 0.185. The van der Waals surface area contributed by atoms with Crippen LogP contribution in [0.15, 0.2) is 88.8 Å². The summed E-state index contributed by atoms with van der Waals surface area (Å²) in [6, 6.07) is 25.4. The molecule has 1 aliphatic heterocycles. The van der Waals surface area contributed by atoms with Gasteiger partial charge in [-0.25, -0.2) is 4.99 Å². The maximum absolute atomic E-state index is 13.5. The standard InChI is InChI=1S/C27H27N3O2S/c1-4-29(5-2)23-17-16-20(24(19-23)32-3)18-25-26(31)30(22-14-10-7-11-15-22)27(33-25)28-21-12-8-6-9-13-21/h6-19H,4-5H2,1-3H3/b25-18-,28-27?. The SMILES string of the molecule is CCN(CC)c1ccc(/C=C2\SC(=Nc3ccccc3)N(c3ccccc3)C2=O)c(OC)c1. The zero-order valence-corrected chi connectivity index (χ0v) is 19.9. The Balaban J connectivity index is 1.74. The Labute approximate surface area is 199 Å². The molecule has 1 aliphatic rings. The molecule has 1 saturated heterocycles. The minimum absolute atomic E-state index is 0.101. The Morgan fingerprint density at radius 2 is 1.64 bits per heavy atom. The molecular formula is C27H27N3O2S. The molecule has 3 aromatic carbocycles. The lowest BCUT2D eigenvalue weighted by Gasteiger charge is -2.22. The highest BCUT2D eigenvalue weighted by Gasteiger charge is 2.34. The van der Waals surface area contributed by atoms with Gasteiger partial charge in [-0.3, -0.25) is 9.69 Å². The highest BCUT2D eigenvalue weighted by Crippen LogP contribution is 2.38. The van der Waals surface area contributed by atoms with Gasteiger partial charge in [-0.05, 0) is 68.1 Å². The average Bonchev–Trinajstić information content (AvgIpc) is 3.16. The van der Waals surface area contributed by atoms with Gasteiger partial charge in [-0.1, -0.05) is 36.4 Å². The highest BCUT2D eigenvalue weighted by atomic mass is 32.2. The van der Waals surface area contributed by atoms with Crippen LogP contribution >= 0.6 is 11.8 Å². The van der Waals surface area contributed by atoms with Crippen molar-refractivity contribution in [1.29, 1.82) is 0 Å². The van der Waals surface area contributed by atoms with Crippen LogP contribution in [0, 0.1) is 0 Å². The molecule has 6 heteroatoms. The molecule has 1 fully saturated rings. The zero-order valence-electron chi connectivity index (χ0n) is 19.1. The first-order valence-electron chi connectivity index (χ1n) is 11.0. The van der Waals surface area contributed by atoms with E-state index in [2.05, 4.69) is 24.8 Å². The lowest BCUT2D eigenvalue weighted by atomic mass is 10.1. The van der Waals surface area contributed by atoms with E-state index in [0.717, 1.165) is 41.5 Å². The maximum Gasteiger partial charge on any atom is 0.271 e. The number of carbonyl (C=O) groups excluding carboxylic acids is 1. The third-order valence-corrected chi connectivity index (χ3v) is 6.40. The molecule has 4 rings (SSSR count). The second-order valence-corrected chi connectivity index (χ2v) is 8.42. The Kier molecular flexibility index (Phi) is 7.15. The van der Waals surface area contributed by atoms with E-state index in [9.17, 15) is 4.79 Å². The van der Waals surface area contributed by atoms with Gasteiger partial charge >= 0.3 is 0 Å². The molecule has 0 aromatic heterocycles. The summed E-state index contributed by atoms with van der Waals surface area (Å²) in [4.78, 5) is 22.8. The predicted molar refractivity (Wildman–Crippen MR) is 140 cm³/mol. The topological polar surface area (TPSA) is 45.1 Å². The van der Waals surface area contributed by atoms with Gasteiger partial charge in [0.15, 0.2) is 5.17 Å². The summed E-state index contributed by atoms with van der Waals surface area (Å²) in [5, 5.41) is 0.627. The first-order chi connectivity index (χ1) is 16.1. The van der Waals surface area contributed by atoms with Crippen LogP contribution in [0.5, 0.6) is 5.75 Å². The Morgan fingerprint density at radius 3 is 2.27 bits per heavy atom. The van der Waals surface area contributed by atoms with E-state index in [-0.39, 0.29) is 5.91 Å². The van der Waals surface area contributed by atoms with E-state index in [1.807, 2.05) is 78.9 Å². The number of para-hydroxylation sites is 2. The number of aliphatic imine (C=N–C) groups is 1. The van der Waals surface area contributed by atoms with Crippen molar-refractivity contribution in [3.8, 4) is 5.75 Å². The number of carbonyl (C=O) groups is 1. The minimum Gasteiger partial charge on any atom is -0.496 e. The number of benzene rings is 3. The monoisotopic (exact) mass is 457 g/mol. The molecule has 0 bridgehead atoms. The van der Waals surface area contributed by atoms with Gasteiger partial charge < -0.3 is 9.64 Å². The van der Waals surface area contributed by atoms with Crippen LogP contribution in [0.1, 0.15) is 19.4 Å². The predicted octanol–water partition coefficient (Wildman–Crippen LogP) is 6.35. The number of methoxy groups -OCH3 is 1. The van der Waals surface area contributed by atoms with E-state index in [1.54, 1.807) is 12.0 Å². The van der Waals surface area contributed by atoms with Crippen LogP contribution in [0.4, 0.5) is 17.1 Å². The van der Waals surface area contributed by atoms with Crippen molar-refractivity contribution in [3.05, 3.63) is 89.3 Å². The lowest BCUT2D eigenvalue weighted by Crippen LogP contribution is -2.28. The summed E-state index contributed by atoms with van der Waals surface area (Å²) in [6.07, 6.45) is 1.89. The lowest BCUT2D eigenvalue weighted by molar-refractivity contribution is -0.113. The molecule has 0 N–H and O–H groups in total. The minimum atomic E-state index is -0.101. The Morgan fingerprint density at radius 1 is 0.970 bits per heavy atom. The number of nitrogens with zero attached hydrogens (tertiary/aromatic N) is 3. The summed E-state index contributed by atoms with van der Waals surface area (Å²) < 4.78 is 5.67. The Hall–Kier alpha value is -3.51. The largest absolute Gasteiger partial charge is 0.496 e. The number of hydrogen-bond acceptors (Lipinski definition) is 5. The fourth-order valence-electron chi connectivity index (χ4n) is 3.71. The van der Waals surface area contributed by atoms with Crippen molar-refractivity contribution in [2.45, 2.75) is 13.8 Å². The average molecular weight is 458 g/mol. The molecular weight excluding hydrogens is 430 g/mol. The van der Waals surface area contributed by atoms with Crippen molar-refractivity contribution in [2.75, 3.05) is 30.0 Å². The van der Waals surface area contributed by atoms with Gasteiger partial charge in [0.25, 0.3) is 5.91 Å². The van der Waals surface area contributed by atoms with Crippen LogP contribution in [-0.2, 0) is 4.79 Å². The molecule has 1 heterocycles. The number of thioether (sulfide) groups is 1. The quantitative estimate of drug-likeness (QED) is 0.388. The highest BCUT2D eigenvalue weighted by molar-refractivity contribution is 8.19. The molecule has 3 aromatic rings. The molecule has 0 radical (unpaired) electrons. The maximum atomic E-state index is 13.5. The number of amidine groups is 1. The molecule has 33 heavy (non-hydrogen) atoms. The molecule has 0 unspecified atom stereocenters. The number of hydrogen-bond donors (Lipinski definition) is 0. The van der Waals surface area contributed by atoms with E-state index in [1.165, 1.54) is 11.8 Å². The molecule has 168 valence electrons. The van der Waals surface area contributed by atoms with Crippen LogP contribution < -0.4 is 14.5 Å². The van der Waals surface area contributed by atoms with Crippen LogP contribution in [-0.4, -0.2) is 31.3 Å². The fourth-order valence-corrected chi connectivity index (χ4v) is 4.70. The van der Waals surface area contributed by atoms with Crippen molar-refractivity contribution < 1.29 is 9.53 Å². The number of anilines is 2. The first-order valence-corrected chi connectivity index (χ1v) is 11.8. The second-order valence-electron chi connectivity index (χ2n) is 7.42.